The van der Waals surface area contributed by atoms with Crippen LogP contribution in [-0.2, 0) is 13.3 Å². The summed E-state index contributed by atoms with van der Waals surface area (Å²) in [4.78, 5) is 0. The Morgan fingerprint density at radius 2 is 1.25 bits per heavy atom. The van der Waals surface area contributed by atoms with Crippen molar-refractivity contribution < 1.29 is 44.0 Å². The Kier molecular flexibility index (Phi) is 6.20. The lowest BCUT2D eigenvalue weighted by Crippen LogP contribution is -2.51. The normalized spacial score (nSPS) is 15.1. The molecule has 0 aliphatic heterocycles. The Morgan fingerprint density at radius 3 is 1.55 bits per heavy atom. The maximum absolute atomic E-state index is 13.0. The second-order valence-corrected chi connectivity index (χ2v) is 6.36. The average molecular weight is 330 g/mol. The number of hydrogen-bond acceptors (Lipinski definition) is 3. The van der Waals surface area contributed by atoms with E-state index in [0.29, 0.717) is 6.08 Å². The first kappa shape index (κ1) is 19.3. The van der Waals surface area contributed by atoms with E-state index in [2.05, 4.69) is 0 Å². The van der Waals surface area contributed by atoms with Gasteiger partial charge in [0, 0.05) is 27.8 Å². The fraction of sp³-hybridized carbons (Fsp3) is 0.778. The highest BCUT2D eigenvalue weighted by molar-refractivity contribution is 6.66. The first-order chi connectivity index (χ1) is 8.89. The molecule has 0 saturated heterocycles. The third-order valence-corrected chi connectivity index (χ3v) is 4.72. The van der Waals surface area contributed by atoms with Crippen LogP contribution in [-0.4, -0.2) is 48.2 Å². The Morgan fingerprint density at radius 1 is 0.850 bits per heavy atom. The molecule has 0 atom stereocenters. The van der Waals surface area contributed by atoms with E-state index in [4.69, 9.17) is 13.3 Å². The van der Waals surface area contributed by atoms with Gasteiger partial charge in [-0.05, 0) is 5.70 Å². The van der Waals surface area contributed by atoms with E-state index in [1.54, 1.807) is 0 Å². The monoisotopic (exact) mass is 330 g/mol. The third kappa shape index (κ3) is 3.93. The Bertz CT molecular complexity index is 331. The van der Waals surface area contributed by atoms with Gasteiger partial charge < -0.3 is 13.3 Å². The molecule has 0 aromatic heterocycles. The summed E-state index contributed by atoms with van der Waals surface area (Å²) in [5.74, 6) is -11.4. The van der Waals surface area contributed by atoms with Crippen LogP contribution in [0.2, 0.25) is 0 Å². The number of hydrogen-bond donors (Lipinski definition) is 0. The molecule has 0 aliphatic carbocycles. The van der Waals surface area contributed by atoms with Crippen LogP contribution in [0.15, 0.2) is 11.8 Å². The molecule has 11 heteroatoms. The lowest BCUT2D eigenvalue weighted by Gasteiger charge is -2.27. The van der Waals surface area contributed by atoms with Crippen molar-refractivity contribution >= 4 is 8.80 Å². The van der Waals surface area contributed by atoms with Gasteiger partial charge in [-0.1, -0.05) is 6.08 Å². The zero-order valence-corrected chi connectivity index (χ0v) is 11.7. The van der Waals surface area contributed by atoms with Crippen LogP contribution in [0.1, 0.15) is 6.42 Å². The van der Waals surface area contributed by atoms with Crippen LogP contribution >= 0.6 is 0 Å². The molecule has 0 spiro atoms. The van der Waals surface area contributed by atoms with Gasteiger partial charge in [0.25, 0.3) is 0 Å². The summed E-state index contributed by atoms with van der Waals surface area (Å²) >= 11 is 0. The maximum Gasteiger partial charge on any atom is 0.528 e. The lowest BCUT2D eigenvalue weighted by molar-refractivity contribution is -0.353. The van der Waals surface area contributed by atoms with Gasteiger partial charge in [-0.15, -0.1) is 0 Å². The maximum atomic E-state index is 13.0. The van der Waals surface area contributed by atoms with Crippen molar-refractivity contribution in [1.82, 2.24) is 0 Å². The molecule has 0 N–H and O–H groups in total. The highest BCUT2D eigenvalue weighted by Gasteiger charge is 2.72. The first-order valence-corrected chi connectivity index (χ1v) is 6.85. The van der Waals surface area contributed by atoms with Crippen LogP contribution in [0.4, 0.5) is 30.7 Å². The van der Waals surface area contributed by atoms with E-state index in [0.717, 1.165) is 27.0 Å². The van der Waals surface area contributed by atoms with Crippen molar-refractivity contribution in [3.8, 4) is 0 Å². The van der Waals surface area contributed by atoms with E-state index < -0.39 is 33.2 Å². The fourth-order valence-corrected chi connectivity index (χ4v) is 2.46. The van der Waals surface area contributed by atoms with Crippen LogP contribution in [0.3, 0.4) is 0 Å². The molecule has 0 saturated carbocycles. The summed E-state index contributed by atoms with van der Waals surface area (Å²) in [6, 6.07) is 0. The lowest BCUT2D eigenvalue weighted by atomic mass is 10.1. The smallest absolute Gasteiger partial charge is 0.374 e. The van der Waals surface area contributed by atoms with Crippen LogP contribution in [0, 0.1) is 0 Å². The molecule has 0 aromatic carbocycles. The molecule has 3 nitrogen and oxygen atoms in total. The summed E-state index contributed by atoms with van der Waals surface area (Å²) < 4.78 is 101. The van der Waals surface area contributed by atoms with Gasteiger partial charge in [0.15, 0.2) is 0 Å². The van der Waals surface area contributed by atoms with Gasteiger partial charge in [-0.2, -0.15) is 30.7 Å². The summed E-state index contributed by atoms with van der Waals surface area (Å²) in [6.45, 7) is 0. The number of allylic oxidation sites excluding steroid dienone is 1. The molecule has 120 valence electrons. The number of halogens is 7. The molecule has 0 heterocycles. The minimum atomic E-state index is -6.34. The molecular formula is C9H13F7O3Si. The molecule has 20 heavy (non-hydrogen) atoms. The van der Waals surface area contributed by atoms with Crippen LogP contribution < -0.4 is 0 Å². The van der Waals surface area contributed by atoms with Crippen molar-refractivity contribution in [1.29, 1.82) is 0 Å². The van der Waals surface area contributed by atoms with E-state index in [1.807, 2.05) is 0 Å². The van der Waals surface area contributed by atoms with Crippen molar-refractivity contribution in [2.45, 2.75) is 24.4 Å². The average Bonchev–Trinajstić information content (AvgIpc) is 2.33. The molecule has 0 fully saturated rings. The Balaban J connectivity index is 5.05. The largest absolute Gasteiger partial charge is 0.528 e. The minimum Gasteiger partial charge on any atom is -0.374 e. The predicted octanol–water partition coefficient (Wildman–Crippen LogP) is 3.18. The SMILES string of the molecule is CO[Si](/C=C/CC(F)(F)C(F)(F)C(F)(F)F)(OC)OC. The zero-order chi connectivity index (χ0) is 16.2. The van der Waals surface area contributed by atoms with Crippen LogP contribution in [0.25, 0.3) is 0 Å². The standard InChI is InChI=1S/C9H13F7O3Si/c1-17-20(18-2,19-3)6-4-5-7(10,11)8(12,13)9(14,15)16/h4,6H,5H2,1-3H3/b6-4+. The second kappa shape index (κ2) is 6.41. The van der Waals surface area contributed by atoms with E-state index in [-0.39, 0.29) is 0 Å². The first-order valence-electron chi connectivity index (χ1n) is 5.04. The molecule has 0 bridgehead atoms. The zero-order valence-electron chi connectivity index (χ0n) is 10.7. The van der Waals surface area contributed by atoms with Crippen molar-refractivity contribution in [2.75, 3.05) is 21.3 Å². The number of alkyl halides is 7. The molecule has 0 amide bonds. The van der Waals surface area contributed by atoms with E-state index in [9.17, 15) is 30.7 Å². The van der Waals surface area contributed by atoms with Gasteiger partial charge in [0.2, 0.25) is 0 Å². The summed E-state index contributed by atoms with van der Waals surface area (Å²) in [5.41, 5.74) is 0.799. The molecular weight excluding hydrogens is 317 g/mol. The summed E-state index contributed by atoms with van der Waals surface area (Å²) in [6.07, 6.45) is -7.77. The highest BCUT2D eigenvalue weighted by atomic mass is 28.4. The van der Waals surface area contributed by atoms with Gasteiger partial charge in [-0.25, -0.2) is 0 Å². The molecule has 0 rings (SSSR count). The Hall–Kier alpha value is -0.653. The highest BCUT2D eigenvalue weighted by Crippen LogP contribution is 2.48. The van der Waals surface area contributed by atoms with Crippen molar-refractivity contribution in [3.63, 3.8) is 0 Å². The minimum absolute atomic E-state index is 0.419. The van der Waals surface area contributed by atoms with Gasteiger partial charge in [-0.3, -0.25) is 0 Å². The van der Waals surface area contributed by atoms with Gasteiger partial charge >= 0.3 is 26.8 Å². The van der Waals surface area contributed by atoms with E-state index >= 15 is 0 Å². The molecule has 0 aliphatic rings. The van der Waals surface area contributed by atoms with Gasteiger partial charge in [0.05, 0.1) is 0 Å². The molecule has 0 aromatic rings. The second-order valence-electron chi connectivity index (χ2n) is 3.60. The quantitative estimate of drug-likeness (QED) is 0.530. The number of rotatable bonds is 7. The Labute approximate surface area is 111 Å². The van der Waals surface area contributed by atoms with Crippen molar-refractivity contribution in [3.05, 3.63) is 11.8 Å². The van der Waals surface area contributed by atoms with Gasteiger partial charge in [0.1, 0.15) is 0 Å². The van der Waals surface area contributed by atoms with Crippen molar-refractivity contribution in [2.24, 2.45) is 0 Å². The van der Waals surface area contributed by atoms with Crippen LogP contribution in [0.5, 0.6) is 0 Å². The summed E-state index contributed by atoms with van der Waals surface area (Å²) in [5, 5.41) is 0. The summed E-state index contributed by atoms with van der Waals surface area (Å²) in [7, 11) is -0.111. The van der Waals surface area contributed by atoms with E-state index in [1.165, 1.54) is 0 Å². The third-order valence-electron chi connectivity index (χ3n) is 2.37. The molecule has 0 unspecified atom stereocenters. The predicted molar refractivity (Wildman–Crippen MR) is 56.5 cm³/mol. The molecule has 0 radical (unpaired) electrons. The topological polar surface area (TPSA) is 27.7 Å². The fourth-order valence-electron chi connectivity index (χ4n) is 1.14.